The van der Waals surface area contributed by atoms with E-state index in [0.29, 0.717) is 13.2 Å². The lowest BCUT2D eigenvalue weighted by atomic mass is 10.2. The Labute approximate surface area is 130 Å². The first kappa shape index (κ1) is 16.0. The van der Waals surface area contributed by atoms with Crippen LogP contribution < -0.4 is 10.1 Å². The van der Waals surface area contributed by atoms with Crippen LogP contribution in [-0.4, -0.2) is 26.4 Å². The number of benzene rings is 1. The molecule has 0 fully saturated rings. The van der Waals surface area contributed by atoms with Crippen molar-refractivity contribution in [1.82, 2.24) is 5.32 Å². The first-order valence-corrected chi connectivity index (χ1v) is 8.29. The van der Waals surface area contributed by atoms with Gasteiger partial charge >= 0.3 is 0 Å². The highest BCUT2D eigenvalue weighted by Crippen LogP contribution is 2.17. The molecule has 21 heavy (non-hydrogen) atoms. The lowest BCUT2D eigenvalue weighted by molar-refractivity contribution is 0.102. The highest BCUT2D eigenvalue weighted by molar-refractivity contribution is 7.09. The van der Waals surface area contributed by atoms with Gasteiger partial charge in [0.1, 0.15) is 12.4 Å². The Morgan fingerprint density at radius 2 is 1.95 bits per heavy atom. The molecule has 1 aromatic carbocycles. The molecule has 0 amide bonds. The van der Waals surface area contributed by atoms with Crippen LogP contribution in [0.2, 0.25) is 0 Å². The number of thiophene rings is 1. The summed E-state index contributed by atoms with van der Waals surface area (Å²) in [7, 11) is 0. The second-order valence-electron chi connectivity index (χ2n) is 4.68. The van der Waals surface area contributed by atoms with Gasteiger partial charge in [0.2, 0.25) is 0 Å². The number of rotatable bonds is 10. The minimum atomic E-state index is 0.591. The summed E-state index contributed by atoms with van der Waals surface area (Å²) in [5.41, 5.74) is 1.19. The van der Waals surface area contributed by atoms with Crippen molar-refractivity contribution in [3.05, 3.63) is 52.2 Å². The van der Waals surface area contributed by atoms with Gasteiger partial charge in [-0.15, -0.1) is 11.3 Å². The van der Waals surface area contributed by atoms with Gasteiger partial charge < -0.3 is 14.8 Å². The molecule has 3 nitrogen and oxygen atoms in total. The van der Waals surface area contributed by atoms with E-state index in [0.717, 1.165) is 31.9 Å². The van der Waals surface area contributed by atoms with Gasteiger partial charge in [-0.2, -0.15) is 0 Å². The molecule has 0 spiro atoms. The normalized spacial score (nSPS) is 10.7. The Morgan fingerprint density at radius 3 is 2.76 bits per heavy atom. The predicted molar refractivity (Wildman–Crippen MR) is 88.2 cm³/mol. The highest BCUT2D eigenvalue weighted by Gasteiger charge is 2.02. The summed E-state index contributed by atoms with van der Waals surface area (Å²) in [6.07, 6.45) is 0.981. The zero-order valence-corrected chi connectivity index (χ0v) is 13.3. The summed E-state index contributed by atoms with van der Waals surface area (Å²) < 4.78 is 11.4. The minimum absolute atomic E-state index is 0.591. The number of hydrogen-bond donors (Lipinski definition) is 1. The molecule has 4 heteroatoms. The van der Waals surface area contributed by atoms with E-state index in [4.69, 9.17) is 9.47 Å². The van der Waals surface area contributed by atoms with E-state index in [1.165, 1.54) is 10.4 Å². The average molecular weight is 305 g/mol. The van der Waals surface area contributed by atoms with E-state index in [1.54, 1.807) is 11.3 Å². The van der Waals surface area contributed by atoms with Crippen LogP contribution in [0.15, 0.2) is 41.8 Å². The molecule has 2 aromatic rings. The summed E-state index contributed by atoms with van der Waals surface area (Å²) in [4.78, 5) is 1.37. The first-order valence-electron chi connectivity index (χ1n) is 7.41. The molecule has 0 aliphatic carbocycles. The van der Waals surface area contributed by atoms with Crippen LogP contribution in [0.4, 0.5) is 0 Å². The predicted octanol–water partition coefficient (Wildman–Crippen LogP) is 3.50. The Hall–Kier alpha value is -1.36. The van der Waals surface area contributed by atoms with Crippen LogP contribution in [0.25, 0.3) is 0 Å². The lowest BCUT2D eigenvalue weighted by Gasteiger charge is -2.11. The summed E-state index contributed by atoms with van der Waals surface area (Å²) >= 11 is 1.77. The molecule has 2 rings (SSSR count). The van der Waals surface area contributed by atoms with Crippen molar-refractivity contribution in [1.29, 1.82) is 0 Å². The van der Waals surface area contributed by atoms with E-state index < -0.39 is 0 Å². The molecular formula is C17H23NO2S. The Morgan fingerprint density at radius 1 is 1.05 bits per heavy atom. The molecular weight excluding hydrogens is 282 g/mol. The van der Waals surface area contributed by atoms with E-state index in [-0.39, 0.29) is 0 Å². The van der Waals surface area contributed by atoms with Crippen molar-refractivity contribution in [3.8, 4) is 5.75 Å². The van der Waals surface area contributed by atoms with Gasteiger partial charge in [0.05, 0.1) is 13.2 Å². The third-order valence-corrected chi connectivity index (χ3v) is 4.03. The van der Waals surface area contributed by atoms with Crippen LogP contribution in [0.3, 0.4) is 0 Å². The van der Waals surface area contributed by atoms with Gasteiger partial charge in [-0.3, -0.25) is 0 Å². The van der Waals surface area contributed by atoms with Gasteiger partial charge in [0.25, 0.3) is 0 Å². The fourth-order valence-corrected chi connectivity index (χ4v) is 2.68. The Kier molecular flexibility index (Phi) is 7.29. The van der Waals surface area contributed by atoms with Crippen LogP contribution in [0.5, 0.6) is 5.75 Å². The molecule has 0 unspecified atom stereocenters. The zero-order valence-electron chi connectivity index (χ0n) is 12.5. The standard InChI is InChI=1S/C17H23NO2S/c1-2-18-14-15-6-3-4-8-17(15)20-12-11-19-10-9-16-7-5-13-21-16/h3-8,13,18H,2,9-12,14H2,1H3. The van der Waals surface area contributed by atoms with E-state index >= 15 is 0 Å². The summed E-state index contributed by atoms with van der Waals surface area (Å²) in [6, 6.07) is 12.4. The largest absolute Gasteiger partial charge is 0.491 e. The number of para-hydroxylation sites is 1. The second-order valence-corrected chi connectivity index (χ2v) is 5.71. The quantitative estimate of drug-likeness (QED) is 0.682. The fraction of sp³-hybridized carbons (Fsp3) is 0.412. The van der Waals surface area contributed by atoms with Crippen molar-refractivity contribution in [2.75, 3.05) is 26.4 Å². The third-order valence-electron chi connectivity index (χ3n) is 3.10. The van der Waals surface area contributed by atoms with Gasteiger partial charge in [-0.25, -0.2) is 0 Å². The molecule has 0 aliphatic heterocycles. The van der Waals surface area contributed by atoms with Crippen LogP contribution >= 0.6 is 11.3 Å². The monoisotopic (exact) mass is 305 g/mol. The molecule has 1 N–H and O–H groups in total. The molecule has 0 radical (unpaired) electrons. The maximum Gasteiger partial charge on any atom is 0.123 e. The van der Waals surface area contributed by atoms with Crippen LogP contribution in [0, 0.1) is 0 Å². The fourth-order valence-electron chi connectivity index (χ4n) is 1.99. The van der Waals surface area contributed by atoms with Crippen LogP contribution in [-0.2, 0) is 17.7 Å². The Balaban J connectivity index is 1.64. The Bertz CT molecular complexity index is 499. The van der Waals surface area contributed by atoms with E-state index in [9.17, 15) is 0 Å². The van der Waals surface area contributed by atoms with Crippen molar-refractivity contribution >= 4 is 11.3 Å². The molecule has 0 bridgehead atoms. The van der Waals surface area contributed by atoms with E-state index in [2.05, 4.69) is 35.8 Å². The second kappa shape index (κ2) is 9.55. The lowest BCUT2D eigenvalue weighted by Crippen LogP contribution is -2.14. The van der Waals surface area contributed by atoms with Gasteiger partial charge in [0, 0.05) is 23.4 Å². The summed E-state index contributed by atoms with van der Waals surface area (Å²) in [5.74, 6) is 0.945. The molecule has 114 valence electrons. The molecule has 1 aromatic heterocycles. The van der Waals surface area contributed by atoms with Crippen molar-refractivity contribution in [2.24, 2.45) is 0 Å². The third kappa shape index (κ3) is 5.87. The van der Waals surface area contributed by atoms with Gasteiger partial charge in [-0.05, 0) is 24.1 Å². The molecule has 1 heterocycles. The van der Waals surface area contributed by atoms with Crippen molar-refractivity contribution < 1.29 is 9.47 Å². The minimum Gasteiger partial charge on any atom is -0.491 e. The van der Waals surface area contributed by atoms with Crippen molar-refractivity contribution in [2.45, 2.75) is 19.9 Å². The highest BCUT2D eigenvalue weighted by atomic mass is 32.1. The first-order chi connectivity index (χ1) is 10.4. The molecule has 0 aliphatic rings. The topological polar surface area (TPSA) is 30.5 Å². The SMILES string of the molecule is CCNCc1ccccc1OCCOCCc1cccs1. The van der Waals surface area contributed by atoms with Gasteiger partial charge in [0.15, 0.2) is 0 Å². The maximum atomic E-state index is 5.81. The smallest absolute Gasteiger partial charge is 0.123 e. The number of nitrogens with one attached hydrogen (secondary N) is 1. The van der Waals surface area contributed by atoms with Crippen LogP contribution in [0.1, 0.15) is 17.4 Å². The number of hydrogen-bond acceptors (Lipinski definition) is 4. The van der Waals surface area contributed by atoms with Gasteiger partial charge in [-0.1, -0.05) is 31.2 Å². The molecule has 0 atom stereocenters. The zero-order chi connectivity index (χ0) is 14.8. The van der Waals surface area contributed by atoms with Crippen molar-refractivity contribution in [3.63, 3.8) is 0 Å². The summed E-state index contributed by atoms with van der Waals surface area (Å²) in [5, 5.41) is 5.42. The summed E-state index contributed by atoms with van der Waals surface area (Å²) in [6.45, 7) is 5.87. The maximum absolute atomic E-state index is 5.81. The average Bonchev–Trinajstić information content (AvgIpc) is 3.03. The molecule has 0 saturated carbocycles. The molecule has 0 saturated heterocycles. The van der Waals surface area contributed by atoms with E-state index in [1.807, 2.05) is 18.2 Å². The number of ether oxygens (including phenoxy) is 2.